The molecule has 1 aliphatic rings. The normalized spacial score (nSPS) is 21.0. The van der Waals surface area contributed by atoms with Crippen LogP contribution in [0.2, 0.25) is 0 Å². The van der Waals surface area contributed by atoms with Crippen molar-refractivity contribution >= 4 is 11.8 Å². The Hall–Kier alpha value is -1.06. The number of primary amides is 1. The van der Waals surface area contributed by atoms with Gasteiger partial charge in [0.15, 0.2) is 0 Å². The number of carbonyl (C=O) groups is 2. The van der Waals surface area contributed by atoms with Crippen molar-refractivity contribution in [3.63, 3.8) is 0 Å². The first-order valence-electron chi connectivity index (χ1n) is 5.61. The molecule has 0 bridgehead atoms. The lowest BCUT2D eigenvalue weighted by molar-refractivity contribution is -0.137. The fraction of sp³-hybridized carbons (Fsp3) is 0.818. The molecule has 0 radical (unpaired) electrons. The fourth-order valence-corrected chi connectivity index (χ4v) is 1.92. The summed E-state index contributed by atoms with van der Waals surface area (Å²) in [6.45, 7) is 4.86. The van der Waals surface area contributed by atoms with Crippen LogP contribution in [0.15, 0.2) is 0 Å². The van der Waals surface area contributed by atoms with E-state index in [0.717, 1.165) is 19.3 Å². The topological polar surface area (TPSA) is 63.4 Å². The highest BCUT2D eigenvalue weighted by Crippen LogP contribution is 2.19. The Morgan fingerprint density at radius 3 is 2.67 bits per heavy atom. The van der Waals surface area contributed by atoms with E-state index in [1.54, 1.807) is 4.90 Å². The van der Waals surface area contributed by atoms with E-state index in [9.17, 15) is 9.59 Å². The molecule has 1 rings (SSSR count). The summed E-state index contributed by atoms with van der Waals surface area (Å²) >= 11 is 0. The minimum Gasteiger partial charge on any atom is -0.368 e. The number of hydrogen-bond acceptors (Lipinski definition) is 2. The second-order valence-electron chi connectivity index (χ2n) is 4.58. The summed E-state index contributed by atoms with van der Waals surface area (Å²) in [5.41, 5.74) is 5.25. The lowest BCUT2D eigenvalue weighted by atomic mass is 10.1. The second-order valence-corrected chi connectivity index (χ2v) is 4.58. The fourth-order valence-electron chi connectivity index (χ4n) is 1.92. The van der Waals surface area contributed by atoms with Crippen LogP contribution < -0.4 is 5.73 Å². The summed E-state index contributed by atoms with van der Waals surface area (Å²) in [6, 6.07) is -0.357. The van der Waals surface area contributed by atoms with Gasteiger partial charge in [-0.2, -0.15) is 0 Å². The molecule has 4 heteroatoms. The molecule has 1 atom stereocenters. The molecule has 0 aromatic rings. The summed E-state index contributed by atoms with van der Waals surface area (Å²) in [7, 11) is 0. The van der Waals surface area contributed by atoms with Crippen molar-refractivity contribution in [3.8, 4) is 0 Å². The summed E-state index contributed by atoms with van der Waals surface area (Å²) in [5, 5.41) is 0. The van der Waals surface area contributed by atoms with E-state index in [0.29, 0.717) is 18.9 Å². The second kappa shape index (κ2) is 5.14. The van der Waals surface area contributed by atoms with Crippen LogP contribution in [0, 0.1) is 5.92 Å². The average Bonchev–Trinajstić information content (AvgIpc) is 2.62. The number of hydrogen-bond donors (Lipinski definition) is 1. The molecule has 4 nitrogen and oxygen atoms in total. The van der Waals surface area contributed by atoms with Crippen LogP contribution in [0.1, 0.15) is 39.5 Å². The molecule has 1 fully saturated rings. The van der Waals surface area contributed by atoms with Gasteiger partial charge in [-0.15, -0.1) is 0 Å². The van der Waals surface area contributed by atoms with E-state index in [4.69, 9.17) is 5.73 Å². The lowest BCUT2D eigenvalue weighted by Crippen LogP contribution is -2.43. The molecule has 1 saturated heterocycles. The van der Waals surface area contributed by atoms with Crippen molar-refractivity contribution in [2.75, 3.05) is 6.54 Å². The summed E-state index contributed by atoms with van der Waals surface area (Å²) in [4.78, 5) is 24.5. The Bertz CT molecular complexity index is 251. The Morgan fingerprint density at radius 2 is 2.13 bits per heavy atom. The van der Waals surface area contributed by atoms with Crippen molar-refractivity contribution < 1.29 is 9.59 Å². The van der Waals surface area contributed by atoms with E-state index in [2.05, 4.69) is 13.8 Å². The number of amides is 2. The molecule has 0 saturated carbocycles. The van der Waals surface area contributed by atoms with Gasteiger partial charge in [0.1, 0.15) is 6.04 Å². The third kappa shape index (κ3) is 3.22. The van der Waals surface area contributed by atoms with E-state index in [1.807, 2.05) is 0 Å². The lowest BCUT2D eigenvalue weighted by Gasteiger charge is -2.22. The Kier molecular flexibility index (Phi) is 4.12. The van der Waals surface area contributed by atoms with Gasteiger partial charge in [-0.25, -0.2) is 0 Å². The quantitative estimate of drug-likeness (QED) is 0.752. The first kappa shape index (κ1) is 12.0. The number of carbonyl (C=O) groups excluding carboxylic acids is 2. The number of nitrogens with two attached hydrogens (primary N) is 1. The van der Waals surface area contributed by atoms with E-state index in [1.165, 1.54) is 0 Å². The Labute approximate surface area is 90.8 Å². The van der Waals surface area contributed by atoms with Gasteiger partial charge in [0.2, 0.25) is 11.8 Å². The van der Waals surface area contributed by atoms with Crippen LogP contribution in [0.4, 0.5) is 0 Å². The summed E-state index contributed by atoms with van der Waals surface area (Å²) in [6.07, 6.45) is 3.02. The molecule has 0 unspecified atom stereocenters. The van der Waals surface area contributed by atoms with Crippen molar-refractivity contribution in [2.24, 2.45) is 11.7 Å². The highest BCUT2D eigenvalue weighted by molar-refractivity contribution is 5.87. The van der Waals surface area contributed by atoms with Crippen LogP contribution in [0.5, 0.6) is 0 Å². The first-order valence-corrected chi connectivity index (χ1v) is 5.61. The summed E-state index contributed by atoms with van der Waals surface area (Å²) < 4.78 is 0. The van der Waals surface area contributed by atoms with Gasteiger partial charge in [-0.1, -0.05) is 13.8 Å². The minimum absolute atomic E-state index is 0.0741. The maximum Gasteiger partial charge on any atom is 0.240 e. The monoisotopic (exact) mass is 212 g/mol. The van der Waals surface area contributed by atoms with Gasteiger partial charge in [0.05, 0.1) is 0 Å². The van der Waals surface area contributed by atoms with Crippen molar-refractivity contribution in [1.82, 2.24) is 4.90 Å². The predicted molar refractivity (Wildman–Crippen MR) is 58.0 cm³/mol. The number of rotatable bonds is 4. The zero-order valence-corrected chi connectivity index (χ0v) is 9.53. The van der Waals surface area contributed by atoms with Gasteiger partial charge in [-0.05, 0) is 25.2 Å². The Balaban J connectivity index is 2.47. The molecular weight excluding hydrogens is 192 g/mol. The molecule has 1 aliphatic heterocycles. The maximum absolute atomic E-state index is 11.8. The molecule has 2 N–H and O–H groups in total. The molecular formula is C11H20N2O2. The largest absolute Gasteiger partial charge is 0.368 e. The van der Waals surface area contributed by atoms with Crippen LogP contribution in [-0.2, 0) is 9.59 Å². The third-order valence-electron chi connectivity index (χ3n) is 2.84. The average molecular weight is 212 g/mol. The first-order chi connectivity index (χ1) is 7.02. The highest BCUT2D eigenvalue weighted by atomic mass is 16.2. The molecule has 15 heavy (non-hydrogen) atoms. The third-order valence-corrected chi connectivity index (χ3v) is 2.84. The van der Waals surface area contributed by atoms with Crippen molar-refractivity contribution in [3.05, 3.63) is 0 Å². The molecule has 0 aromatic heterocycles. The SMILES string of the molecule is CC(C)CCC(=O)N1CCC[C@H]1C(N)=O. The van der Waals surface area contributed by atoms with Gasteiger partial charge in [-0.3, -0.25) is 9.59 Å². The van der Waals surface area contributed by atoms with Gasteiger partial charge < -0.3 is 10.6 Å². The van der Waals surface area contributed by atoms with Crippen molar-refractivity contribution in [1.29, 1.82) is 0 Å². The van der Waals surface area contributed by atoms with E-state index >= 15 is 0 Å². The smallest absolute Gasteiger partial charge is 0.240 e. The van der Waals surface area contributed by atoms with Gasteiger partial charge in [0.25, 0.3) is 0 Å². The number of nitrogens with zero attached hydrogens (tertiary/aromatic N) is 1. The minimum atomic E-state index is -0.370. The van der Waals surface area contributed by atoms with Crippen LogP contribution in [0.25, 0.3) is 0 Å². The van der Waals surface area contributed by atoms with Gasteiger partial charge in [0, 0.05) is 13.0 Å². The predicted octanol–water partition coefficient (Wildman–Crippen LogP) is 0.899. The number of likely N-dealkylation sites (tertiary alicyclic amines) is 1. The van der Waals surface area contributed by atoms with Crippen LogP contribution in [-0.4, -0.2) is 29.3 Å². The van der Waals surface area contributed by atoms with E-state index in [-0.39, 0.29) is 17.9 Å². The highest BCUT2D eigenvalue weighted by Gasteiger charge is 2.31. The zero-order chi connectivity index (χ0) is 11.4. The van der Waals surface area contributed by atoms with Crippen LogP contribution >= 0.6 is 0 Å². The molecule has 2 amide bonds. The van der Waals surface area contributed by atoms with E-state index < -0.39 is 0 Å². The van der Waals surface area contributed by atoms with Gasteiger partial charge >= 0.3 is 0 Å². The van der Waals surface area contributed by atoms with Crippen molar-refractivity contribution in [2.45, 2.75) is 45.6 Å². The molecule has 0 aliphatic carbocycles. The Morgan fingerprint density at radius 1 is 1.47 bits per heavy atom. The van der Waals surface area contributed by atoms with Crippen LogP contribution in [0.3, 0.4) is 0 Å². The molecule has 1 heterocycles. The summed E-state index contributed by atoms with van der Waals surface area (Å²) in [5.74, 6) is 0.221. The maximum atomic E-state index is 11.8. The molecule has 86 valence electrons. The standard InChI is InChI=1S/C11H20N2O2/c1-8(2)5-6-10(14)13-7-3-4-9(13)11(12)15/h8-9H,3-7H2,1-2H3,(H2,12,15)/t9-/m0/s1. The molecule has 0 aromatic carbocycles. The zero-order valence-electron chi connectivity index (χ0n) is 9.53. The molecule has 0 spiro atoms.